The van der Waals surface area contributed by atoms with Crippen LogP contribution >= 0.6 is 0 Å². The van der Waals surface area contributed by atoms with E-state index in [-0.39, 0.29) is 28.8 Å². The Labute approximate surface area is 205 Å². The molecule has 4 rings (SSSR count). The van der Waals surface area contributed by atoms with E-state index in [1.165, 1.54) is 20.3 Å². The molecule has 0 spiro atoms. The van der Waals surface area contributed by atoms with E-state index in [1.807, 2.05) is 0 Å². The number of carbonyl (C=O) groups excluding carboxylic acids is 4. The van der Waals surface area contributed by atoms with E-state index in [4.69, 9.17) is 9.47 Å². The fourth-order valence-electron chi connectivity index (χ4n) is 4.33. The minimum atomic E-state index is -0.746. The van der Waals surface area contributed by atoms with Crippen LogP contribution < -0.4 is 14.8 Å². The van der Waals surface area contributed by atoms with Crippen LogP contribution in [0.15, 0.2) is 36.4 Å². The molecule has 36 heavy (non-hydrogen) atoms. The lowest BCUT2D eigenvalue weighted by atomic mass is 10.0. The molecule has 1 N–H and O–H groups in total. The van der Waals surface area contributed by atoms with Gasteiger partial charge in [-0.05, 0) is 37.1 Å². The Morgan fingerprint density at radius 1 is 1.00 bits per heavy atom. The van der Waals surface area contributed by atoms with Gasteiger partial charge in [0.2, 0.25) is 5.91 Å². The smallest absolute Gasteiger partial charge is 0.270 e. The number of imide groups is 1. The minimum absolute atomic E-state index is 0.0281. The summed E-state index contributed by atoms with van der Waals surface area (Å²) in [6.07, 6.45) is 0.998. The summed E-state index contributed by atoms with van der Waals surface area (Å²) >= 11 is 0. The summed E-state index contributed by atoms with van der Waals surface area (Å²) in [7, 11) is 3.00. The van der Waals surface area contributed by atoms with Crippen molar-refractivity contribution >= 4 is 29.3 Å². The maximum Gasteiger partial charge on any atom is 0.270 e. The fourth-order valence-corrected chi connectivity index (χ4v) is 4.33. The number of nitrogens with one attached hydrogen (secondary N) is 1. The Kier molecular flexibility index (Phi) is 6.86. The van der Waals surface area contributed by atoms with E-state index < -0.39 is 29.2 Å². The van der Waals surface area contributed by atoms with Crippen molar-refractivity contribution in [3.63, 3.8) is 0 Å². The summed E-state index contributed by atoms with van der Waals surface area (Å²) in [4.78, 5) is 63.4. The Bertz CT molecular complexity index is 1250. The van der Waals surface area contributed by atoms with Crippen molar-refractivity contribution in [1.82, 2.24) is 15.1 Å². The highest BCUT2D eigenvalue weighted by molar-refractivity contribution is 6.22. The molecule has 12 nitrogen and oxygen atoms in total. The summed E-state index contributed by atoms with van der Waals surface area (Å²) in [6, 6.07) is 8.11. The number of ether oxygens (including phenoxy) is 2. The van der Waals surface area contributed by atoms with Gasteiger partial charge in [-0.25, -0.2) is 0 Å². The zero-order valence-electron chi connectivity index (χ0n) is 19.7. The lowest BCUT2D eigenvalue weighted by Gasteiger charge is -2.32. The first-order valence-corrected chi connectivity index (χ1v) is 11.2. The molecule has 2 aromatic rings. The molecule has 2 aromatic carbocycles. The average molecular weight is 496 g/mol. The maximum atomic E-state index is 12.9. The standard InChI is InChI=1S/C24H24N4O8/c1-35-19-6-3-14(11-20(19)36-2)22(30)26-9-7-15(8-10-26)25-21(29)13-27-23(31)17-5-4-16(28(33)34)12-18(17)24(27)32/h3-6,11-12,15H,7-10,13H2,1-2H3,(H,25,29). The largest absolute Gasteiger partial charge is 0.493 e. The van der Waals surface area contributed by atoms with Crippen LogP contribution in [0.4, 0.5) is 5.69 Å². The highest BCUT2D eigenvalue weighted by Gasteiger charge is 2.38. The Hall–Kier alpha value is -4.48. The number of nitro groups is 1. The van der Waals surface area contributed by atoms with Crippen LogP contribution in [0.3, 0.4) is 0 Å². The molecular formula is C24H24N4O8. The number of benzene rings is 2. The topological polar surface area (TPSA) is 148 Å². The molecule has 1 fully saturated rings. The molecule has 0 unspecified atom stereocenters. The van der Waals surface area contributed by atoms with E-state index in [9.17, 15) is 29.3 Å². The average Bonchev–Trinajstić information content (AvgIpc) is 3.12. The summed E-state index contributed by atoms with van der Waals surface area (Å²) in [5, 5.41) is 13.8. The van der Waals surface area contributed by atoms with Crippen molar-refractivity contribution in [2.45, 2.75) is 18.9 Å². The third kappa shape index (κ3) is 4.69. The molecule has 2 aliphatic rings. The van der Waals surface area contributed by atoms with Crippen LogP contribution in [-0.4, -0.2) is 78.2 Å². The Balaban J connectivity index is 1.31. The SMILES string of the molecule is COc1ccc(C(=O)N2CCC(NC(=O)CN3C(=O)c4ccc([N+](=O)[O-])cc4C3=O)CC2)cc1OC. The van der Waals surface area contributed by atoms with Crippen LogP contribution in [0, 0.1) is 10.1 Å². The number of rotatable bonds is 7. The number of amides is 4. The lowest BCUT2D eigenvalue weighted by molar-refractivity contribution is -0.384. The van der Waals surface area contributed by atoms with Crippen LogP contribution in [0.5, 0.6) is 11.5 Å². The second-order valence-electron chi connectivity index (χ2n) is 8.39. The molecule has 2 aliphatic heterocycles. The van der Waals surface area contributed by atoms with Crippen molar-refractivity contribution in [2.24, 2.45) is 0 Å². The van der Waals surface area contributed by atoms with Gasteiger partial charge >= 0.3 is 0 Å². The van der Waals surface area contributed by atoms with Gasteiger partial charge in [0.05, 0.1) is 30.3 Å². The molecule has 2 heterocycles. The van der Waals surface area contributed by atoms with Gasteiger partial charge < -0.3 is 19.7 Å². The number of hydrogen-bond donors (Lipinski definition) is 1. The quantitative estimate of drug-likeness (QED) is 0.345. The van der Waals surface area contributed by atoms with E-state index in [0.717, 1.165) is 17.0 Å². The number of carbonyl (C=O) groups is 4. The summed E-state index contributed by atoms with van der Waals surface area (Å²) in [6.45, 7) is 0.328. The van der Waals surface area contributed by atoms with Crippen LogP contribution in [-0.2, 0) is 4.79 Å². The third-order valence-corrected chi connectivity index (χ3v) is 6.24. The predicted octanol–water partition coefficient (Wildman–Crippen LogP) is 1.63. The van der Waals surface area contributed by atoms with Gasteiger partial charge in [0.15, 0.2) is 11.5 Å². The predicted molar refractivity (Wildman–Crippen MR) is 125 cm³/mol. The summed E-state index contributed by atoms with van der Waals surface area (Å²) < 4.78 is 10.5. The van der Waals surface area contributed by atoms with Crippen molar-refractivity contribution in [1.29, 1.82) is 0 Å². The summed E-state index contributed by atoms with van der Waals surface area (Å²) in [5.41, 5.74) is 0.0842. The molecule has 0 bridgehead atoms. The van der Waals surface area contributed by atoms with Crippen LogP contribution in [0.2, 0.25) is 0 Å². The van der Waals surface area contributed by atoms with Crippen LogP contribution in [0.25, 0.3) is 0 Å². The fraction of sp³-hybridized carbons (Fsp3) is 0.333. The number of piperidine rings is 1. The molecule has 0 aromatic heterocycles. The molecule has 4 amide bonds. The van der Waals surface area contributed by atoms with Crippen molar-refractivity contribution in [3.8, 4) is 11.5 Å². The highest BCUT2D eigenvalue weighted by atomic mass is 16.6. The Morgan fingerprint density at radius 3 is 2.31 bits per heavy atom. The number of nitrogens with zero attached hydrogens (tertiary/aromatic N) is 3. The van der Waals surface area contributed by atoms with Gasteiger partial charge in [0.25, 0.3) is 23.4 Å². The van der Waals surface area contributed by atoms with Gasteiger partial charge in [0, 0.05) is 36.8 Å². The first-order valence-electron chi connectivity index (χ1n) is 11.2. The number of nitro benzene ring substituents is 1. The number of non-ortho nitro benzene ring substituents is 1. The van der Waals surface area contributed by atoms with E-state index in [2.05, 4.69) is 5.32 Å². The Morgan fingerprint density at radius 2 is 1.67 bits per heavy atom. The van der Waals surface area contributed by atoms with Crippen molar-refractivity contribution in [3.05, 3.63) is 63.2 Å². The minimum Gasteiger partial charge on any atom is -0.493 e. The number of methoxy groups -OCH3 is 2. The maximum absolute atomic E-state index is 12.9. The lowest BCUT2D eigenvalue weighted by Crippen LogP contribution is -2.49. The zero-order chi connectivity index (χ0) is 26.0. The molecule has 0 aliphatic carbocycles. The van der Waals surface area contributed by atoms with E-state index in [1.54, 1.807) is 23.1 Å². The summed E-state index contributed by atoms with van der Waals surface area (Å²) in [5.74, 6) is -1.14. The zero-order valence-corrected chi connectivity index (χ0v) is 19.7. The van der Waals surface area contributed by atoms with E-state index >= 15 is 0 Å². The second kappa shape index (κ2) is 10.0. The molecule has 0 radical (unpaired) electrons. The van der Waals surface area contributed by atoms with Gasteiger partial charge in [-0.1, -0.05) is 0 Å². The normalized spacial score (nSPS) is 15.5. The molecule has 0 saturated carbocycles. The number of likely N-dealkylation sites (tertiary alicyclic amines) is 1. The van der Waals surface area contributed by atoms with E-state index in [0.29, 0.717) is 43.0 Å². The van der Waals surface area contributed by atoms with Gasteiger partial charge in [-0.2, -0.15) is 0 Å². The number of hydrogen-bond acceptors (Lipinski definition) is 8. The van der Waals surface area contributed by atoms with Crippen molar-refractivity contribution in [2.75, 3.05) is 33.9 Å². The molecule has 0 atom stereocenters. The second-order valence-corrected chi connectivity index (χ2v) is 8.39. The molecule has 1 saturated heterocycles. The van der Waals surface area contributed by atoms with Gasteiger partial charge in [0.1, 0.15) is 6.54 Å². The van der Waals surface area contributed by atoms with Gasteiger partial charge in [-0.15, -0.1) is 0 Å². The first-order chi connectivity index (χ1) is 17.2. The van der Waals surface area contributed by atoms with Crippen LogP contribution in [0.1, 0.15) is 43.9 Å². The third-order valence-electron chi connectivity index (χ3n) is 6.24. The molecular weight excluding hydrogens is 472 g/mol. The van der Waals surface area contributed by atoms with Gasteiger partial charge in [-0.3, -0.25) is 34.2 Å². The number of fused-ring (bicyclic) bond motifs is 1. The molecule has 12 heteroatoms. The highest BCUT2D eigenvalue weighted by Crippen LogP contribution is 2.29. The molecule has 188 valence electrons. The monoisotopic (exact) mass is 496 g/mol. The first kappa shape index (κ1) is 24.6. The van der Waals surface area contributed by atoms with Crippen molar-refractivity contribution < 1.29 is 33.6 Å².